The second kappa shape index (κ2) is 12.7. The summed E-state index contributed by atoms with van der Waals surface area (Å²) in [5.74, 6) is 5.88. The first-order chi connectivity index (χ1) is 18.9. The second-order valence-corrected chi connectivity index (χ2v) is 13.5. The van der Waals surface area contributed by atoms with Crippen molar-refractivity contribution in [2.45, 2.75) is 42.6 Å². The van der Waals surface area contributed by atoms with Crippen molar-refractivity contribution in [3.63, 3.8) is 0 Å². The average molecular weight is 579 g/mol. The second-order valence-electron chi connectivity index (χ2n) is 10.5. The van der Waals surface area contributed by atoms with Crippen LogP contribution in [0, 0.1) is 11.8 Å². The fourth-order valence-electron chi connectivity index (χ4n) is 4.89. The van der Waals surface area contributed by atoms with E-state index in [1.165, 1.54) is 4.57 Å². The molecule has 218 valence electrons. The lowest BCUT2D eigenvalue weighted by Gasteiger charge is -2.33. The Labute approximate surface area is 234 Å². The normalized spacial score (nSPS) is 16.4. The summed E-state index contributed by atoms with van der Waals surface area (Å²) >= 11 is 0. The fourth-order valence-corrected chi connectivity index (χ4v) is 5.69. The van der Waals surface area contributed by atoms with E-state index in [1.807, 2.05) is 30.3 Å². The van der Waals surface area contributed by atoms with Crippen LogP contribution < -0.4 is 10.6 Å². The van der Waals surface area contributed by atoms with E-state index in [9.17, 15) is 22.8 Å². The van der Waals surface area contributed by atoms with Gasteiger partial charge in [0.25, 0.3) is 0 Å². The highest BCUT2D eigenvalue weighted by Gasteiger charge is 2.30. The largest absolute Gasteiger partial charge is 0.406 e. The Morgan fingerprint density at radius 1 is 1.10 bits per heavy atom. The van der Waals surface area contributed by atoms with Gasteiger partial charge in [-0.25, -0.2) is 0 Å². The van der Waals surface area contributed by atoms with Crippen molar-refractivity contribution in [2.24, 2.45) is 0 Å². The third-order valence-corrected chi connectivity index (χ3v) is 8.36. The molecule has 1 aliphatic rings. The summed E-state index contributed by atoms with van der Waals surface area (Å²) in [7, 11) is -1.81. The summed E-state index contributed by atoms with van der Waals surface area (Å²) in [6.07, 6.45) is 0.0408. The number of aromatic nitrogens is 1. The van der Waals surface area contributed by atoms with Crippen LogP contribution >= 0.6 is 10.3 Å². The van der Waals surface area contributed by atoms with Crippen molar-refractivity contribution >= 4 is 32.6 Å². The number of aliphatic hydroxyl groups is 2. The predicted molar refractivity (Wildman–Crippen MR) is 156 cm³/mol. The monoisotopic (exact) mass is 578 g/mol. The number of alkyl halides is 3. The lowest BCUT2D eigenvalue weighted by atomic mass is 10.0. The topological polar surface area (TPSA) is 92.9 Å². The third kappa shape index (κ3) is 8.08. The highest BCUT2D eigenvalue weighted by molar-refractivity contribution is 8.28. The van der Waals surface area contributed by atoms with Gasteiger partial charge in [-0.3, -0.25) is 0 Å². The van der Waals surface area contributed by atoms with Gasteiger partial charge < -0.3 is 34.9 Å². The number of benzene rings is 2. The van der Waals surface area contributed by atoms with E-state index in [0.29, 0.717) is 17.4 Å². The maximum absolute atomic E-state index is 13.5. The summed E-state index contributed by atoms with van der Waals surface area (Å²) in [6.45, 7) is 0.771. The van der Waals surface area contributed by atoms with Gasteiger partial charge in [0.1, 0.15) is 6.54 Å². The van der Waals surface area contributed by atoms with Crippen LogP contribution in [0.2, 0.25) is 0 Å². The number of hydrogen-bond acceptors (Lipinski definition) is 6. The van der Waals surface area contributed by atoms with E-state index in [4.69, 9.17) is 5.11 Å². The Morgan fingerprint density at radius 2 is 1.80 bits per heavy atom. The summed E-state index contributed by atoms with van der Waals surface area (Å²) in [5, 5.41) is 26.1. The molecule has 5 N–H and O–H groups in total. The summed E-state index contributed by atoms with van der Waals surface area (Å²) in [6, 6.07) is 14.6. The molecule has 0 aliphatic carbocycles. The van der Waals surface area contributed by atoms with Gasteiger partial charge in [0.15, 0.2) is 0 Å². The van der Waals surface area contributed by atoms with E-state index in [1.54, 1.807) is 30.7 Å². The highest BCUT2D eigenvalue weighted by atomic mass is 32.3. The zero-order valence-corrected chi connectivity index (χ0v) is 23.5. The van der Waals surface area contributed by atoms with Gasteiger partial charge in [-0.15, -0.1) is 10.3 Å². The van der Waals surface area contributed by atoms with E-state index >= 15 is 0 Å². The predicted octanol–water partition coefficient (Wildman–Crippen LogP) is 4.79. The Morgan fingerprint density at radius 3 is 2.42 bits per heavy atom. The van der Waals surface area contributed by atoms with Gasteiger partial charge in [0, 0.05) is 47.3 Å². The molecule has 0 bridgehead atoms. The van der Waals surface area contributed by atoms with Crippen LogP contribution in [0.4, 0.5) is 24.5 Å². The minimum Gasteiger partial charge on any atom is -0.394 e. The molecule has 0 spiro atoms. The van der Waals surface area contributed by atoms with Crippen molar-refractivity contribution in [1.29, 1.82) is 0 Å². The molecule has 1 atom stereocenters. The van der Waals surface area contributed by atoms with Gasteiger partial charge in [-0.2, -0.15) is 13.2 Å². The summed E-state index contributed by atoms with van der Waals surface area (Å²) < 4.78 is 52.0. The molecule has 1 saturated heterocycles. The number of nitrogens with one attached hydrogen (secondary N) is 2. The number of rotatable bonds is 9. The first-order valence-corrected chi connectivity index (χ1v) is 15.6. The number of anilines is 2. The van der Waals surface area contributed by atoms with Crippen LogP contribution in [0.15, 0.2) is 53.4 Å². The minimum absolute atomic E-state index is 0.141. The van der Waals surface area contributed by atoms with Crippen molar-refractivity contribution in [3.8, 4) is 11.8 Å². The van der Waals surface area contributed by atoms with Crippen LogP contribution in [0.5, 0.6) is 0 Å². The maximum Gasteiger partial charge on any atom is 0.406 e. The summed E-state index contributed by atoms with van der Waals surface area (Å²) in [5.41, 5.74) is 2.33. The fraction of sp³-hybridized carbons (Fsp3) is 0.448. The zero-order chi connectivity index (χ0) is 28.9. The quantitative estimate of drug-likeness (QED) is 0.235. The smallest absolute Gasteiger partial charge is 0.394 e. The maximum atomic E-state index is 13.5. The molecule has 4 rings (SSSR count). The average Bonchev–Trinajstić information content (AvgIpc) is 3.24. The SMILES string of the molecule is CS(C)(O)c1ccc(NCC#Cc2cc3c(NC4CCN(CC(O)CO)CC4)cccc3n2CC(F)(F)F)cc1. The Kier molecular flexibility index (Phi) is 9.59. The van der Waals surface area contributed by atoms with Gasteiger partial charge in [-0.05, 0) is 73.7 Å². The molecule has 7 nitrogen and oxygen atoms in total. The van der Waals surface area contributed by atoms with Gasteiger partial charge in [-0.1, -0.05) is 12.0 Å². The zero-order valence-electron chi connectivity index (χ0n) is 22.7. The number of piperidine rings is 1. The van der Waals surface area contributed by atoms with Crippen LogP contribution in [0.3, 0.4) is 0 Å². The van der Waals surface area contributed by atoms with Crippen LogP contribution in [-0.2, 0) is 6.54 Å². The molecule has 1 aliphatic heterocycles. The molecule has 40 heavy (non-hydrogen) atoms. The standard InChI is InChI=1S/C29H37F3N4O3S/c1-40(2,39)25-10-8-21(9-11-25)33-14-4-5-23-17-26-27(6-3-7-28(26)36(23)20-29(30,31)32)34-22-12-15-35(16-13-22)18-24(38)19-37/h3,6-11,17,22,24,33-34,37-39H,12-16,18-20H2,1-2H3. The Hall–Kier alpha value is -2.88. The van der Waals surface area contributed by atoms with E-state index < -0.39 is 29.1 Å². The highest BCUT2D eigenvalue weighted by Crippen LogP contribution is 2.44. The van der Waals surface area contributed by atoms with E-state index in [-0.39, 0.29) is 24.9 Å². The summed E-state index contributed by atoms with van der Waals surface area (Å²) in [4.78, 5) is 2.96. The first kappa shape index (κ1) is 30.1. The first-order valence-electron chi connectivity index (χ1n) is 13.2. The van der Waals surface area contributed by atoms with Crippen molar-refractivity contribution in [1.82, 2.24) is 9.47 Å². The number of fused-ring (bicyclic) bond motifs is 1. The number of hydrogen-bond donors (Lipinski definition) is 5. The lowest BCUT2D eigenvalue weighted by molar-refractivity contribution is -0.140. The Bertz CT molecular complexity index is 1340. The number of halogens is 3. The Balaban J connectivity index is 1.49. The molecule has 1 fully saturated rings. The van der Waals surface area contributed by atoms with Crippen molar-refractivity contribution in [3.05, 3.63) is 54.2 Å². The van der Waals surface area contributed by atoms with E-state index in [0.717, 1.165) is 42.2 Å². The molecule has 2 heterocycles. The molecule has 1 unspecified atom stereocenters. The number of aliphatic hydroxyl groups excluding tert-OH is 2. The minimum atomic E-state index is -4.40. The molecular weight excluding hydrogens is 541 g/mol. The molecule has 3 aromatic rings. The third-order valence-electron chi connectivity index (χ3n) is 6.94. The molecular formula is C29H37F3N4O3S. The van der Waals surface area contributed by atoms with Gasteiger partial charge in [0.05, 0.1) is 30.5 Å². The number of nitrogens with zero attached hydrogens (tertiary/aromatic N) is 2. The molecule has 11 heteroatoms. The van der Waals surface area contributed by atoms with Crippen molar-refractivity contribution in [2.75, 3.05) is 55.9 Å². The number of likely N-dealkylation sites (tertiary alicyclic amines) is 1. The van der Waals surface area contributed by atoms with E-state index in [2.05, 4.69) is 27.4 Å². The molecule has 0 amide bonds. The molecule has 2 aromatic carbocycles. The number of β-amino-alcohol motifs (C(OH)–C–C–N with tert-alkyl or cyclic N) is 1. The van der Waals surface area contributed by atoms with Gasteiger partial charge >= 0.3 is 6.18 Å². The van der Waals surface area contributed by atoms with Gasteiger partial charge in [0.2, 0.25) is 0 Å². The van der Waals surface area contributed by atoms with Crippen LogP contribution in [-0.4, -0.2) is 87.9 Å². The lowest BCUT2D eigenvalue weighted by Crippen LogP contribution is -2.43. The van der Waals surface area contributed by atoms with Crippen LogP contribution in [0.25, 0.3) is 10.9 Å². The van der Waals surface area contributed by atoms with Crippen molar-refractivity contribution < 1.29 is 27.9 Å². The molecule has 1 aromatic heterocycles. The molecule has 0 radical (unpaired) electrons. The van der Waals surface area contributed by atoms with Crippen LogP contribution in [0.1, 0.15) is 18.5 Å². The molecule has 0 saturated carbocycles.